The molecule has 0 amide bonds. The molecule has 0 unspecified atom stereocenters. The third kappa shape index (κ3) is 4.18. The molecule has 0 aromatic rings. The van der Waals surface area contributed by atoms with Crippen molar-refractivity contribution in [3.05, 3.63) is 5.53 Å². The van der Waals surface area contributed by atoms with E-state index in [2.05, 4.69) is 4.79 Å². The van der Waals surface area contributed by atoms with Gasteiger partial charge in [-0.2, -0.15) is 4.79 Å². The lowest BCUT2D eigenvalue weighted by Crippen LogP contribution is -2.35. The van der Waals surface area contributed by atoms with Crippen LogP contribution >= 0.6 is 0 Å². The average molecular weight is 306 g/mol. The Morgan fingerprint density at radius 3 is 2.27 bits per heavy atom. The Hall–Kier alpha value is -0.700. The van der Waals surface area contributed by atoms with Crippen LogP contribution in [0.1, 0.15) is 77.0 Å². The van der Waals surface area contributed by atoms with Crippen LogP contribution in [0.5, 0.6) is 0 Å². The van der Waals surface area contributed by atoms with Crippen molar-refractivity contribution in [2.45, 2.75) is 82.8 Å². The Morgan fingerprint density at radius 2 is 1.64 bits per heavy atom. The van der Waals surface area contributed by atoms with Crippen LogP contribution in [-0.4, -0.2) is 29.5 Å². The molecule has 1 saturated heterocycles. The molecule has 0 aromatic heterocycles. The van der Waals surface area contributed by atoms with Crippen molar-refractivity contribution < 1.29 is 14.3 Å². The highest BCUT2D eigenvalue weighted by Gasteiger charge is 2.40. The molecule has 3 aliphatic rings. The van der Waals surface area contributed by atoms with Gasteiger partial charge in [0, 0.05) is 25.7 Å². The molecule has 124 valence electrons. The van der Waals surface area contributed by atoms with Gasteiger partial charge in [0.1, 0.15) is 0 Å². The largest absolute Gasteiger partial charge is 0.362 e. The Labute approximate surface area is 134 Å². The standard InChI is InChI=1S/C18H30N2O2/c19-20-17(14-16-4-2-1-3-5-16)7-6-15-8-10-18(11-9-15)21-12-13-22-18/h15-16H,1-14H2. The molecule has 0 radical (unpaired) electrons. The maximum Gasteiger partial charge on any atom is 0.269 e. The zero-order chi connectivity index (χ0) is 15.3. The second-order valence-corrected chi connectivity index (χ2v) is 7.46. The van der Waals surface area contributed by atoms with Crippen molar-refractivity contribution in [1.29, 1.82) is 0 Å². The van der Waals surface area contributed by atoms with E-state index in [0.29, 0.717) is 0 Å². The maximum atomic E-state index is 9.30. The molecule has 1 heterocycles. The van der Waals surface area contributed by atoms with Crippen LogP contribution in [0.3, 0.4) is 0 Å². The van der Waals surface area contributed by atoms with E-state index in [4.69, 9.17) is 9.47 Å². The molecule has 2 saturated carbocycles. The topological polar surface area (TPSA) is 54.9 Å². The monoisotopic (exact) mass is 306 g/mol. The van der Waals surface area contributed by atoms with E-state index in [9.17, 15) is 5.53 Å². The first-order valence-electron chi connectivity index (χ1n) is 9.27. The summed E-state index contributed by atoms with van der Waals surface area (Å²) in [6.07, 6.45) is 14.3. The van der Waals surface area contributed by atoms with Gasteiger partial charge in [0.2, 0.25) is 0 Å². The minimum Gasteiger partial charge on any atom is -0.362 e. The van der Waals surface area contributed by atoms with Gasteiger partial charge in [-0.3, -0.25) is 0 Å². The Morgan fingerprint density at radius 1 is 0.955 bits per heavy atom. The van der Waals surface area contributed by atoms with Gasteiger partial charge in [0.05, 0.1) is 13.2 Å². The van der Waals surface area contributed by atoms with Crippen LogP contribution in [0.2, 0.25) is 0 Å². The molecule has 0 N–H and O–H groups in total. The summed E-state index contributed by atoms with van der Waals surface area (Å²) in [6.45, 7) is 1.51. The third-order valence-electron chi connectivity index (χ3n) is 5.91. The van der Waals surface area contributed by atoms with Gasteiger partial charge < -0.3 is 15.0 Å². The molecule has 0 atom stereocenters. The van der Waals surface area contributed by atoms with Crippen molar-refractivity contribution in [2.24, 2.45) is 11.8 Å². The van der Waals surface area contributed by atoms with E-state index in [-0.39, 0.29) is 5.79 Å². The number of ether oxygens (including phenoxy) is 2. The highest BCUT2D eigenvalue weighted by atomic mass is 16.7. The fraction of sp³-hybridized carbons (Fsp3) is 0.944. The van der Waals surface area contributed by atoms with Gasteiger partial charge in [-0.05, 0) is 43.9 Å². The van der Waals surface area contributed by atoms with E-state index in [1.54, 1.807) is 0 Å². The molecule has 4 nitrogen and oxygen atoms in total. The Bertz CT molecular complexity index is 395. The summed E-state index contributed by atoms with van der Waals surface area (Å²) in [6, 6.07) is 0. The van der Waals surface area contributed by atoms with Crippen molar-refractivity contribution in [3.8, 4) is 0 Å². The Balaban J connectivity index is 1.39. The third-order valence-corrected chi connectivity index (χ3v) is 5.91. The predicted octanol–water partition coefficient (Wildman–Crippen LogP) is 4.34. The highest BCUT2D eigenvalue weighted by molar-refractivity contribution is 5.79. The van der Waals surface area contributed by atoms with Gasteiger partial charge in [0.15, 0.2) is 5.79 Å². The first-order chi connectivity index (χ1) is 10.8. The smallest absolute Gasteiger partial charge is 0.269 e. The van der Waals surface area contributed by atoms with Gasteiger partial charge in [0.25, 0.3) is 5.71 Å². The maximum absolute atomic E-state index is 9.30. The first-order valence-corrected chi connectivity index (χ1v) is 9.27. The van der Waals surface area contributed by atoms with Crippen LogP contribution in [0, 0.1) is 11.8 Å². The van der Waals surface area contributed by atoms with Gasteiger partial charge in [-0.15, -0.1) is 0 Å². The minimum atomic E-state index is -0.244. The molecule has 2 aliphatic carbocycles. The zero-order valence-electron chi connectivity index (χ0n) is 13.8. The molecule has 3 fully saturated rings. The lowest BCUT2D eigenvalue weighted by atomic mass is 9.80. The Kier molecular flexibility index (Phi) is 5.67. The lowest BCUT2D eigenvalue weighted by Gasteiger charge is -2.35. The molecular weight excluding hydrogens is 276 g/mol. The molecular formula is C18H30N2O2. The van der Waals surface area contributed by atoms with Crippen molar-refractivity contribution in [1.82, 2.24) is 0 Å². The summed E-state index contributed by atoms with van der Waals surface area (Å²) in [4.78, 5) is 3.60. The molecule has 0 aromatic carbocycles. The fourth-order valence-electron chi connectivity index (χ4n) is 4.48. The van der Waals surface area contributed by atoms with Crippen LogP contribution in [0.15, 0.2) is 0 Å². The molecule has 22 heavy (non-hydrogen) atoms. The average Bonchev–Trinajstić information content (AvgIpc) is 3.02. The molecule has 1 aliphatic heterocycles. The summed E-state index contributed by atoms with van der Waals surface area (Å²) in [5, 5.41) is 0. The van der Waals surface area contributed by atoms with Crippen LogP contribution in [-0.2, 0) is 9.47 Å². The van der Waals surface area contributed by atoms with E-state index < -0.39 is 0 Å². The van der Waals surface area contributed by atoms with Crippen molar-refractivity contribution >= 4 is 5.71 Å². The van der Waals surface area contributed by atoms with E-state index in [1.165, 1.54) is 44.9 Å². The molecule has 4 heteroatoms. The molecule has 3 rings (SSSR count). The zero-order valence-corrected chi connectivity index (χ0v) is 13.8. The lowest BCUT2D eigenvalue weighted by molar-refractivity contribution is -0.182. The molecule has 1 spiro atoms. The normalized spacial score (nSPS) is 26.2. The van der Waals surface area contributed by atoms with Crippen molar-refractivity contribution in [2.75, 3.05) is 13.2 Å². The van der Waals surface area contributed by atoms with Gasteiger partial charge >= 0.3 is 0 Å². The predicted molar refractivity (Wildman–Crippen MR) is 85.6 cm³/mol. The second-order valence-electron chi connectivity index (χ2n) is 7.46. The number of hydrogen-bond acceptors (Lipinski definition) is 2. The van der Waals surface area contributed by atoms with Crippen LogP contribution in [0.25, 0.3) is 5.53 Å². The highest BCUT2D eigenvalue weighted by Crippen LogP contribution is 2.39. The minimum absolute atomic E-state index is 0.244. The van der Waals surface area contributed by atoms with Crippen molar-refractivity contribution in [3.63, 3.8) is 0 Å². The number of nitrogens with zero attached hydrogens (tertiary/aromatic N) is 2. The van der Waals surface area contributed by atoms with E-state index in [0.717, 1.165) is 62.9 Å². The fourth-order valence-corrected chi connectivity index (χ4v) is 4.48. The number of hydrogen-bond donors (Lipinski definition) is 0. The SMILES string of the molecule is [N-]=[N+]=C(CCC1CCC2(CC1)OCCO2)CC1CCCCC1. The summed E-state index contributed by atoms with van der Waals surface area (Å²) in [5.74, 6) is 1.25. The summed E-state index contributed by atoms with van der Waals surface area (Å²) in [7, 11) is 0. The van der Waals surface area contributed by atoms with E-state index in [1.807, 2.05) is 0 Å². The molecule has 0 bridgehead atoms. The summed E-state index contributed by atoms with van der Waals surface area (Å²) >= 11 is 0. The quantitative estimate of drug-likeness (QED) is 0.431. The van der Waals surface area contributed by atoms with Gasteiger partial charge in [-0.1, -0.05) is 19.3 Å². The second kappa shape index (κ2) is 7.72. The first kappa shape index (κ1) is 16.2. The summed E-state index contributed by atoms with van der Waals surface area (Å²) in [5.41, 5.74) is 10.3. The van der Waals surface area contributed by atoms with Crippen LogP contribution in [0.4, 0.5) is 0 Å². The van der Waals surface area contributed by atoms with Crippen LogP contribution < -0.4 is 0 Å². The summed E-state index contributed by atoms with van der Waals surface area (Å²) < 4.78 is 11.6. The van der Waals surface area contributed by atoms with E-state index >= 15 is 0 Å². The van der Waals surface area contributed by atoms with Gasteiger partial charge in [-0.25, -0.2) is 0 Å². The number of rotatable bonds is 5.